The molecule has 2 N–H and O–H groups in total. The quantitative estimate of drug-likeness (QED) is 0.765. The summed E-state index contributed by atoms with van der Waals surface area (Å²) < 4.78 is 0. The first kappa shape index (κ1) is 10.0. The van der Waals surface area contributed by atoms with E-state index < -0.39 is 0 Å². The Morgan fingerprint density at radius 2 is 2.00 bits per heavy atom. The highest BCUT2D eigenvalue weighted by molar-refractivity contribution is 5.63. The van der Waals surface area contributed by atoms with Gasteiger partial charge in [0.25, 0.3) is 0 Å². The molecule has 0 bridgehead atoms. The van der Waals surface area contributed by atoms with Gasteiger partial charge in [0.1, 0.15) is 5.69 Å². The van der Waals surface area contributed by atoms with Crippen molar-refractivity contribution in [2.24, 2.45) is 0 Å². The molecule has 0 atom stereocenters. The van der Waals surface area contributed by atoms with Crippen LogP contribution in [0.5, 0.6) is 0 Å². The Morgan fingerprint density at radius 1 is 1.18 bits per heavy atom. The van der Waals surface area contributed by atoms with Crippen molar-refractivity contribution in [3.8, 4) is 5.69 Å². The second-order valence-corrected chi connectivity index (χ2v) is 3.89. The van der Waals surface area contributed by atoms with Crippen LogP contribution in [-0.2, 0) is 6.42 Å². The first-order valence-electron chi connectivity index (χ1n) is 5.51. The van der Waals surface area contributed by atoms with Crippen LogP contribution in [0.4, 0.5) is 0 Å². The summed E-state index contributed by atoms with van der Waals surface area (Å²) in [4.78, 5) is 1.60. The topological polar surface area (TPSA) is 63.0 Å². The van der Waals surface area contributed by atoms with Crippen LogP contribution in [0.2, 0.25) is 0 Å². The highest BCUT2D eigenvalue weighted by atomic mass is 16.5. The van der Waals surface area contributed by atoms with Crippen molar-refractivity contribution in [1.82, 2.24) is 20.5 Å². The fourth-order valence-electron chi connectivity index (χ4n) is 1.94. The zero-order valence-electron chi connectivity index (χ0n) is 9.17. The van der Waals surface area contributed by atoms with Crippen LogP contribution in [0, 0.1) is 0 Å². The third-order valence-corrected chi connectivity index (χ3v) is 2.78. The van der Waals surface area contributed by atoms with Crippen molar-refractivity contribution in [2.75, 3.05) is 0 Å². The molecule has 0 saturated carbocycles. The maximum atomic E-state index is 9.02. The van der Waals surface area contributed by atoms with E-state index in [0.29, 0.717) is 5.70 Å². The highest BCUT2D eigenvalue weighted by Crippen LogP contribution is 2.21. The number of hydrogen-bond acceptors (Lipinski definition) is 4. The number of nitrogens with one attached hydrogen (secondary N) is 1. The lowest BCUT2D eigenvalue weighted by atomic mass is 10.1. The van der Waals surface area contributed by atoms with Crippen molar-refractivity contribution in [3.63, 3.8) is 0 Å². The van der Waals surface area contributed by atoms with Crippen LogP contribution in [-0.4, -0.2) is 20.2 Å². The van der Waals surface area contributed by atoms with Crippen LogP contribution in [0.25, 0.3) is 11.4 Å². The van der Waals surface area contributed by atoms with E-state index in [1.165, 1.54) is 0 Å². The van der Waals surface area contributed by atoms with E-state index in [9.17, 15) is 0 Å². The molecule has 5 heteroatoms. The molecule has 0 aliphatic heterocycles. The molecule has 1 aromatic carbocycles. The predicted molar refractivity (Wildman–Crippen MR) is 62.6 cm³/mol. The number of nitrogens with zero attached hydrogens (tertiary/aromatic N) is 3. The largest absolute Gasteiger partial charge is 0.291 e. The molecule has 0 radical (unpaired) electrons. The lowest BCUT2D eigenvalue weighted by Gasteiger charge is -2.08. The van der Waals surface area contributed by atoms with E-state index >= 15 is 0 Å². The van der Waals surface area contributed by atoms with E-state index in [-0.39, 0.29) is 0 Å². The molecule has 0 spiro atoms. The molecule has 86 valence electrons. The second-order valence-electron chi connectivity index (χ2n) is 3.89. The van der Waals surface area contributed by atoms with Crippen LogP contribution < -0.4 is 5.48 Å². The maximum Gasteiger partial charge on any atom is 0.134 e. The monoisotopic (exact) mass is 228 g/mol. The van der Waals surface area contributed by atoms with Gasteiger partial charge in [-0.15, -0.1) is 5.10 Å². The summed E-state index contributed by atoms with van der Waals surface area (Å²) in [5.74, 6) is 0. The van der Waals surface area contributed by atoms with Crippen LogP contribution >= 0.6 is 0 Å². The maximum absolute atomic E-state index is 9.02. The van der Waals surface area contributed by atoms with E-state index in [1.54, 1.807) is 4.80 Å². The molecular weight excluding hydrogens is 216 g/mol. The minimum atomic E-state index is 0.633. The van der Waals surface area contributed by atoms with E-state index in [0.717, 1.165) is 29.9 Å². The van der Waals surface area contributed by atoms with Crippen molar-refractivity contribution in [1.29, 1.82) is 0 Å². The number of hydroxylamine groups is 1. The Kier molecular flexibility index (Phi) is 2.38. The van der Waals surface area contributed by atoms with Crippen molar-refractivity contribution >= 4 is 5.70 Å². The number of aryl methyl sites for hydroxylation is 1. The van der Waals surface area contributed by atoms with Crippen molar-refractivity contribution < 1.29 is 5.21 Å². The molecule has 5 nitrogen and oxygen atoms in total. The summed E-state index contributed by atoms with van der Waals surface area (Å²) in [5, 5.41) is 17.8. The first-order chi connectivity index (χ1) is 8.38. The van der Waals surface area contributed by atoms with Gasteiger partial charge in [0.15, 0.2) is 0 Å². The summed E-state index contributed by atoms with van der Waals surface area (Å²) in [5.41, 5.74) is 5.35. The second kappa shape index (κ2) is 4.03. The minimum Gasteiger partial charge on any atom is -0.291 e. The molecule has 1 aliphatic rings. The lowest BCUT2D eigenvalue weighted by Crippen LogP contribution is -2.11. The number of para-hydroxylation sites is 1. The number of hydrogen-bond donors (Lipinski definition) is 2. The van der Waals surface area contributed by atoms with Gasteiger partial charge in [0.2, 0.25) is 0 Å². The number of fused-ring (bicyclic) bond motifs is 1. The zero-order valence-corrected chi connectivity index (χ0v) is 9.17. The van der Waals surface area contributed by atoms with E-state index in [4.69, 9.17) is 5.21 Å². The summed E-state index contributed by atoms with van der Waals surface area (Å²) in [6.45, 7) is 0. The zero-order chi connectivity index (χ0) is 11.7. The summed E-state index contributed by atoms with van der Waals surface area (Å²) in [7, 11) is 0. The van der Waals surface area contributed by atoms with E-state index in [2.05, 4.69) is 15.7 Å². The first-order valence-corrected chi connectivity index (χ1v) is 5.51. The van der Waals surface area contributed by atoms with Gasteiger partial charge in [0, 0.05) is 0 Å². The molecule has 1 aromatic heterocycles. The normalized spacial score (nSPS) is 14.1. The van der Waals surface area contributed by atoms with Crippen molar-refractivity contribution in [3.05, 3.63) is 47.8 Å². The molecular formula is C12H12N4O. The van der Waals surface area contributed by atoms with Crippen LogP contribution in [0.3, 0.4) is 0 Å². The Morgan fingerprint density at radius 3 is 2.76 bits per heavy atom. The van der Waals surface area contributed by atoms with Gasteiger partial charge in [-0.25, -0.2) is 0 Å². The molecule has 3 rings (SSSR count). The van der Waals surface area contributed by atoms with Gasteiger partial charge in [-0.05, 0) is 25.0 Å². The smallest absolute Gasteiger partial charge is 0.134 e. The van der Waals surface area contributed by atoms with Gasteiger partial charge in [-0.2, -0.15) is 9.90 Å². The number of aromatic nitrogens is 3. The van der Waals surface area contributed by atoms with Crippen LogP contribution in [0.15, 0.2) is 36.4 Å². The molecule has 17 heavy (non-hydrogen) atoms. The summed E-state index contributed by atoms with van der Waals surface area (Å²) >= 11 is 0. The number of rotatable bonds is 2. The third kappa shape index (κ3) is 1.70. The van der Waals surface area contributed by atoms with Gasteiger partial charge in [-0.3, -0.25) is 10.7 Å². The molecule has 0 unspecified atom stereocenters. The Bertz CT molecular complexity index is 559. The summed E-state index contributed by atoms with van der Waals surface area (Å²) in [6.07, 6.45) is 3.64. The number of allylic oxidation sites excluding steroid dienone is 1. The SMILES string of the molecule is ONC1=CCCc2nn(-c3ccccc3)nc21. The number of benzene rings is 1. The molecule has 1 heterocycles. The Balaban J connectivity index is 2.06. The standard InChI is InChI=1S/C12H12N4O/c17-15-11-8-4-7-10-12(11)14-16(13-10)9-5-2-1-3-6-9/h1-3,5-6,8,15,17H,4,7H2. The van der Waals surface area contributed by atoms with E-state index in [1.807, 2.05) is 36.4 Å². The van der Waals surface area contributed by atoms with Crippen LogP contribution in [0.1, 0.15) is 17.8 Å². The summed E-state index contributed by atoms with van der Waals surface area (Å²) in [6, 6.07) is 9.73. The molecule has 0 saturated heterocycles. The highest BCUT2D eigenvalue weighted by Gasteiger charge is 2.18. The molecule has 0 amide bonds. The Labute approximate surface area is 98.3 Å². The predicted octanol–water partition coefficient (Wildman–Crippen LogP) is 1.53. The van der Waals surface area contributed by atoms with Gasteiger partial charge < -0.3 is 0 Å². The average Bonchev–Trinajstić information content (AvgIpc) is 2.83. The fourth-order valence-corrected chi connectivity index (χ4v) is 1.94. The van der Waals surface area contributed by atoms with Gasteiger partial charge in [-0.1, -0.05) is 24.3 Å². The van der Waals surface area contributed by atoms with Gasteiger partial charge in [0.05, 0.1) is 17.1 Å². The molecule has 0 fully saturated rings. The Hall–Kier alpha value is -2.14. The lowest BCUT2D eigenvalue weighted by molar-refractivity contribution is 0.223. The van der Waals surface area contributed by atoms with Crippen molar-refractivity contribution in [2.45, 2.75) is 12.8 Å². The molecule has 2 aromatic rings. The average molecular weight is 228 g/mol. The minimum absolute atomic E-state index is 0.633. The third-order valence-electron chi connectivity index (χ3n) is 2.78. The fraction of sp³-hybridized carbons (Fsp3) is 0.167. The van der Waals surface area contributed by atoms with Gasteiger partial charge >= 0.3 is 0 Å². The molecule has 1 aliphatic carbocycles.